The fourth-order valence-electron chi connectivity index (χ4n) is 1.95. The maximum absolute atomic E-state index is 11.9. The van der Waals surface area contributed by atoms with Gasteiger partial charge in [0, 0.05) is 15.8 Å². The van der Waals surface area contributed by atoms with Gasteiger partial charge in [0.1, 0.15) is 11.3 Å². The van der Waals surface area contributed by atoms with Crippen LogP contribution in [0.1, 0.15) is 6.42 Å². The molecule has 1 amide bonds. The van der Waals surface area contributed by atoms with Crippen LogP contribution in [0.2, 0.25) is 10.0 Å². The maximum Gasteiger partial charge on any atom is 0.330 e. The topological polar surface area (TPSA) is 75.6 Å². The number of hydrogen-bond acceptors (Lipinski definition) is 4. The first-order valence-electron chi connectivity index (χ1n) is 6.12. The van der Waals surface area contributed by atoms with Crippen molar-refractivity contribution in [3.63, 3.8) is 0 Å². The average Bonchev–Trinajstić information content (AvgIpc) is 2.85. The van der Waals surface area contributed by atoms with Gasteiger partial charge in [0.2, 0.25) is 0 Å². The summed E-state index contributed by atoms with van der Waals surface area (Å²) in [5.41, 5.74) is -1.20. The molecule has 5 nitrogen and oxygen atoms in total. The number of carbonyl (C=O) groups is 2. The minimum atomic E-state index is -1.20. The first kappa shape index (κ1) is 16.3. The van der Waals surface area contributed by atoms with Crippen molar-refractivity contribution in [2.75, 3.05) is 18.1 Å². The predicted molar refractivity (Wildman–Crippen MR) is 82.4 cm³/mol. The highest BCUT2D eigenvalue weighted by Gasteiger charge is 2.43. The van der Waals surface area contributed by atoms with E-state index in [1.165, 1.54) is 23.9 Å². The molecular formula is C13H13Cl2NO4S. The number of rotatable bonds is 5. The van der Waals surface area contributed by atoms with Gasteiger partial charge in [-0.1, -0.05) is 23.2 Å². The van der Waals surface area contributed by atoms with Crippen LogP contribution in [0.25, 0.3) is 0 Å². The number of hydrogen-bond donors (Lipinski definition) is 2. The molecule has 8 heteroatoms. The lowest BCUT2D eigenvalue weighted by molar-refractivity contribution is -0.146. The van der Waals surface area contributed by atoms with Crippen LogP contribution in [0.4, 0.5) is 0 Å². The van der Waals surface area contributed by atoms with E-state index in [9.17, 15) is 14.7 Å². The smallest absolute Gasteiger partial charge is 0.330 e. The van der Waals surface area contributed by atoms with Crippen molar-refractivity contribution in [1.82, 2.24) is 5.32 Å². The van der Waals surface area contributed by atoms with Crippen LogP contribution < -0.4 is 10.1 Å². The summed E-state index contributed by atoms with van der Waals surface area (Å²) in [5, 5.41) is 12.6. The molecule has 0 saturated carbocycles. The van der Waals surface area contributed by atoms with Crippen LogP contribution in [0.5, 0.6) is 5.75 Å². The van der Waals surface area contributed by atoms with Crippen molar-refractivity contribution in [1.29, 1.82) is 0 Å². The largest absolute Gasteiger partial charge is 0.484 e. The lowest BCUT2D eigenvalue weighted by Crippen LogP contribution is -2.55. The van der Waals surface area contributed by atoms with Crippen LogP contribution >= 0.6 is 35.0 Å². The number of aliphatic carboxylic acids is 1. The third-order valence-electron chi connectivity index (χ3n) is 3.02. The Morgan fingerprint density at radius 2 is 2.00 bits per heavy atom. The third-order valence-corrected chi connectivity index (χ3v) is 4.64. The van der Waals surface area contributed by atoms with Gasteiger partial charge in [-0.15, -0.1) is 0 Å². The second kappa shape index (κ2) is 6.77. The van der Waals surface area contributed by atoms with E-state index in [-0.39, 0.29) is 6.61 Å². The number of carboxylic acid groups (broad SMARTS) is 1. The van der Waals surface area contributed by atoms with Crippen LogP contribution in [-0.2, 0) is 9.59 Å². The lowest BCUT2D eigenvalue weighted by atomic mass is 9.99. The van der Waals surface area contributed by atoms with Crippen molar-refractivity contribution >= 4 is 46.8 Å². The minimum absolute atomic E-state index is 0.295. The highest BCUT2D eigenvalue weighted by Crippen LogP contribution is 2.28. The molecule has 2 N–H and O–H groups in total. The summed E-state index contributed by atoms with van der Waals surface area (Å²) < 4.78 is 5.28. The molecule has 21 heavy (non-hydrogen) atoms. The van der Waals surface area contributed by atoms with Crippen molar-refractivity contribution in [3.8, 4) is 5.75 Å². The number of thioether (sulfide) groups is 1. The zero-order valence-corrected chi connectivity index (χ0v) is 13.2. The second-order valence-electron chi connectivity index (χ2n) is 4.63. The fraction of sp³-hybridized carbons (Fsp3) is 0.385. The van der Waals surface area contributed by atoms with E-state index in [1.54, 1.807) is 6.07 Å². The van der Waals surface area contributed by atoms with Crippen molar-refractivity contribution in [3.05, 3.63) is 28.2 Å². The van der Waals surface area contributed by atoms with Crippen LogP contribution in [0.15, 0.2) is 18.2 Å². The number of amides is 1. The standard InChI is InChI=1S/C13H13Cl2NO4S/c14-8-3-9(15)5-10(4-8)20-6-11(17)16-13(12(18)19)1-2-21-7-13/h3-5H,1-2,6-7H2,(H,16,17)(H,18,19). The van der Waals surface area contributed by atoms with E-state index in [0.717, 1.165) is 0 Å². The van der Waals surface area contributed by atoms with Gasteiger partial charge in [0.25, 0.3) is 5.91 Å². The summed E-state index contributed by atoms with van der Waals surface area (Å²) in [4.78, 5) is 23.2. The molecule has 1 fully saturated rings. The quantitative estimate of drug-likeness (QED) is 0.853. The molecule has 1 aliphatic heterocycles. The molecule has 1 heterocycles. The zero-order chi connectivity index (χ0) is 15.5. The highest BCUT2D eigenvalue weighted by atomic mass is 35.5. The van der Waals surface area contributed by atoms with Crippen molar-refractivity contribution in [2.24, 2.45) is 0 Å². The van der Waals surface area contributed by atoms with E-state index >= 15 is 0 Å². The Morgan fingerprint density at radius 3 is 2.52 bits per heavy atom. The maximum atomic E-state index is 11.9. The molecule has 0 aromatic heterocycles. The molecule has 2 rings (SSSR count). The molecule has 0 aliphatic carbocycles. The van der Waals surface area contributed by atoms with Crippen LogP contribution in [-0.4, -0.2) is 40.6 Å². The SMILES string of the molecule is O=C(COc1cc(Cl)cc(Cl)c1)NC1(C(=O)O)CCSC1. The summed E-state index contributed by atoms with van der Waals surface area (Å²) in [6.07, 6.45) is 0.404. The second-order valence-corrected chi connectivity index (χ2v) is 6.61. The predicted octanol–water partition coefficient (Wildman–Crippen LogP) is 2.45. The summed E-state index contributed by atoms with van der Waals surface area (Å²) in [7, 11) is 0. The lowest BCUT2D eigenvalue weighted by Gasteiger charge is -2.24. The van der Waals surface area contributed by atoms with Gasteiger partial charge in [-0.2, -0.15) is 11.8 Å². The zero-order valence-electron chi connectivity index (χ0n) is 10.9. The number of carbonyl (C=O) groups excluding carboxylic acids is 1. The molecule has 1 aliphatic rings. The first-order chi connectivity index (χ1) is 9.91. The highest BCUT2D eigenvalue weighted by molar-refractivity contribution is 7.99. The molecule has 0 radical (unpaired) electrons. The van der Waals surface area contributed by atoms with Gasteiger partial charge < -0.3 is 15.2 Å². The molecule has 1 aromatic rings. The number of nitrogens with one attached hydrogen (secondary N) is 1. The van der Waals surface area contributed by atoms with E-state index in [4.69, 9.17) is 27.9 Å². The Kier molecular flexibility index (Phi) is 5.24. The molecule has 1 saturated heterocycles. The molecule has 1 atom stereocenters. The van der Waals surface area contributed by atoms with E-state index < -0.39 is 17.4 Å². The molecule has 1 unspecified atom stereocenters. The Bertz CT molecular complexity index is 541. The van der Waals surface area contributed by atoms with Gasteiger partial charge in [0.15, 0.2) is 6.61 Å². The summed E-state index contributed by atoms with van der Waals surface area (Å²) in [5.74, 6) is -0.0931. The van der Waals surface area contributed by atoms with Crippen molar-refractivity contribution < 1.29 is 19.4 Å². The molecule has 1 aromatic carbocycles. The van der Waals surface area contributed by atoms with Gasteiger partial charge in [-0.25, -0.2) is 4.79 Å². The normalized spacial score (nSPS) is 21.0. The summed E-state index contributed by atoms with van der Waals surface area (Å²) in [6, 6.07) is 4.60. The first-order valence-corrected chi connectivity index (χ1v) is 8.03. The number of carboxylic acids is 1. The summed E-state index contributed by atoms with van der Waals surface area (Å²) >= 11 is 13.1. The Hall–Kier alpha value is -1.11. The monoisotopic (exact) mass is 349 g/mol. The number of ether oxygens (including phenoxy) is 1. The molecule has 114 valence electrons. The number of halogens is 2. The molecule has 0 spiro atoms. The van der Waals surface area contributed by atoms with Crippen LogP contribution in [0, 0.1) is 0 Å². The Morgan fingerprint density at radius 1 is 1.33 bits per heavy atom. The molecular weight excluding hydrogens is 337 g/mol. The van der Waals surface area contributed by atoms with Crippen LogP contribution in [0.3, 0.4) is 0 Å². The van der Waals surface area contributed by atoms with Gasteiger partial charge in [0.05, 0.1) is 0 Å². The average molecular weight is 350 g/mol. The Labute approximate surface area is 135 Å². The molecule has 0 bridgehead atoms. The number of benzene rings is 1. The van der Waals surface area contributed by atoms with E-state index in [1.807, 2.05) is 0 Å². The summed E-state index contributed by atoms with van der Waals surface area (Å²) in [6.45, 7) is -0.295. The van der Waals surface area contributed by atoms with Gasteiger partial charge >= 0.3 is 5.97 Å². The van der Waals surface area contributed by atoms with Gasteiger partial charge in [-0.3, -0.25) is 4.79 Å². The van der Waals surface area contributed by atoms with Gasteiger partial charge in [-0.05, 0) is 30.4 Å². The minimum Gasteiger partial charge on any atom is -0.484 e. The third kappa shape index (κ3) is 4.18. The Balaban J connectivity index is 1.94. The van der Waals surface area contributed by atoms with E-state index in [0.29, 0.717) is 33.7 Å². The van der Waals surface area contributed by atoms with E-state index in [2.05, 4.69) is 5.32 Å². The fourth-order valence-corrected chi connectivity index (χ4v) is 3.78. The van der Waals surface area contributed by atoms with Crippen molar-refractivity contribution in [2.45, 2.75) is 12.0 Å².